The molecule has 140 valence electrons. The molecule has 0 fully saturated rings. The summed E-state index contributed by atoms with van der Waals surface area (Å²) < 4.78 is 13.0. The van der Waals surface area contributed by atoms with Gasteiger partial charge in [-0.2, -0.15) is 0 Å². The van der Waals surface area contributed by atoms with Crippen molar-refractivity contribution in [3.8, 4) is 11.5 Å². The van der Waals surface area contributed by atoms with Crippen molar-refractivity contribution in [2.75, 3.05) is 13.3 Å². The van der Waals surface area contributed by atoms with E-state index in [0.717, 1.165) is 40.4 Å². The van der Waals surface area contributed by atoms with Crippen molar-refractivity contribution < 1.29 is 14.3 Å². The first-order valence-corrected chi connectivity index (χ1v) is 9.26. The van der Waals surface area contributed by atoms with Gasteiger partial charge in [-0.25, -0.2) is 4.98 Å². The Balaban J connectivity index is 1.75. The molecule has 1 unspecified atom stereocenters. The standard InChI is InChI=1S/C21H23N3O3/c1-3-8-22-20(25)11-16(15-6-7-18-19(10-15)27-13-26-18)17-12-23-21-14(2)5-4-9-24(17)21/h4-7,9-10,12,16H,3,8,11,13H2,1-2H3,(H,22,25). The van der Waals surface area contributed by atoms with E-state index < -0.39 is 0 Å². The van der Waals surface area contributed by atoms with Crippen LogP contribution in [-0.2, 0) is 4.79 Å². The third-order valence-corrected chi connectivity index (χ3v) is 4.88. The summed E-state index contributed by atoms with van der Waals surface area (Å²) in [5, 5.41) is 2.98. The number of hydrogen-bond acceptors (Lipinski definition) is 4. The smallest absolute Gasteiger partial charge is 0.231 e. The van der Waals surface area contributed by atoms with Crippen LogP contribution in [0.5, 0.6) is 11.5 Å². The number of imidazole rings is 1. The highest BCUT2D eigenvalue weighted by molar-refractivity contribution is 5.77. The average Bonchev–Trinajstić information content (AvgIpc) is 3.31. The van der Waals surface area contributed by atoms with Crippen LogP contribution in [0, 0.1) is 6.92 Å². The van der Waals surface area contributed by atoms with Crippen LogP contribution >= 0.6 is 0 Å². The number of benzene rings is 1. The van der Waals surface area contributed by atoms with E-state index in [1.807, 2.05) is 56.6 Å². The number of rotatable bonds is 6. The molecular formula is C21H23N3O3. The molecule has 0 saturated carbocycles. The van der Waals surface area contributed by atoms with Crippen LogP contribution in [0.15, 0.2) is 42.7 Å². The Hall–Kier alpha value is -3.02. The molecule has 1 aliphatic heterocycles. The number of ether oxygens (including phenoxy) is 2. The second-order valence-corrected chi connectivity index (χ2v) is 6.79. The lowest BCUT2D eigenvalue weighted by Crippen LogP contribution is -2.26. The molecule has 6 nitrogen and oxygen atoms in total. The zero-order valence-corrected chi connectivity index (χ0v) is 15.6. The summed E-state index contributed by atoms with van der Waals surface area (Å²) in [5.74, 6) is 1.36. The van der Waals surface area contributed by atoms with Crippen molar-refractivity contribution in [2.45, 2.75) is 32.6 Å². The topological polar surface area (TPSA) is 64.9 Å². The van der Waals surface area contributed by atoms with Gasteiger partial charge in [-0.15, -0.1) is 0 Å². The number of aryl methyl sites for hydroxylation is 1. The molecule has 0 spiro atoms. The number of hydrogen-bond donors (Lipinski definition) is 1. The van der Waals surface area contributed by atoms with Crippen molar-refractivity contribution in [2.24, 2.45) is 0 Å². The summed E-state index contributed by atoms with van der Waals surface area (Å²) in [5.41, 5.74) is 4.00. The molecule has 1 N–H and O–H groups in total. The maximum Gasteiger partial charge on any atom is 0.231 e. The van der Waals surface area contributed by atoms with Gasteiger partial charge in [-0.1, -0.05) is 19.1 Å². The largest absolute Gasteiger partial charge is 0.454 e. The first-order chi connectivity index (χ1) is 13.2. The molecule has 1 aromatic carbocycles. The molecule has 6 heteroatoms. The van der Waals surface area contributed by atoms with Crippen LogP contribution < -0.4 is 14.8 Å². The zero-order chi connectivity index (χ0) is 18.8. The minimum atomic E-state index is -0.131. The third-order valence-electron chi connectivity index (χ3n) is 4.88. The fourth-order valence-electron chi connectivity index (χ4n) is 3.47. The van der Waals surface area contributed by atoms with Crippen molar-refractivity contribution in [3.63, 3.8) is 0 Å². The Morgan fingerprint density at radius 3 is 3.00 bits per heavy atom. The van der Waals surface area contributed by atoms with Gasteiger partial charge in [0.1, 0.15) is 5.65 Å². The van der Waals surface area contributed by atoms with E-state index in [9.17, 15) is 4.79 Å². The quantitative estimate of drug-likeness (QED) is 0.727. The van der Waals surface area contributed by atoms with Gasteiger partial charge >= 0.3 is 0 Å². The van der Waals surface area contributed by atoms with Crippen molar-refractivity contribution >= 4 is 11.6 Å². The average molecular weight is 365 g/mol. The van der Waals surface area contributed by atoms with Gasteiger partial charge in [0.05, 0.1) is 5.69 Å². The third kappa shape index (κ3) is 3.35. The summed E-state index contributed by atoms with van der Waals surface area (Å²) in [6.07, 6.45) is 5.12. The maximum atomic E-state index is 12.5. The van der Waals surface area contributed by atoms with Crippen LogP contribution in [0.25, 0.3) is 5.65 Å². The van der Waals surface area contributed by atoms with E-state index in [-0.39, 0.29) is 18.6 Å². The maximum absolute atomic E-state index is 12.5. The molecule has 4 rings (SSSR count). The van der Waals surface area contributed by atoms with Gasteiger partial charge in [0.2, 0.25) is 12.7 Å². The molecule has 0 saturated heterocycles. The van der Waals surface area contributed by atoms with Crippen LogP contribution in [0.1, 0.15) is 42.5 Å². The van der Waals surface area contributed by atoms with E-state index in [1.54, 1.807) is 0 Å². The number of nitrogens with zero attached hydrogens (tertiary/aromatic N) is 2. The molecule has 1 aliphatic rings. The molecule has 1 amide bonds. The summed E-state index contributed by atoms with van der Waals surface area (Å²) in [6.45, 7) is 4.99. The number of carbonyl (C=O) groups excluding carboxylic acids is 1. The Kier molecular flexibility index (Phi) is 4.71. The number of amides is 1. The zero-order valence-electron chi connectivity index (χ0n) is 15.6. The fourth-order valence-corrected chi connectivity index (χ4v) is 3.47. The highest BCUT2D eigenvalue weighted by Crippen LogP contribution is 2.37. The molecular weight excluding hydrogens is 342 g/mol. The predicted molar refractivity (Wildman–Crippen MR) is 102 cm³/mol. The van der Waals surface area contributed by atoms with E-state index >= 15 is 0 Å². The molecule has 3 aromatic rings. The molecule has 2 aromatic heterocycles. The lowest BCUT2D eigenvalue weighted by Gasteiger charge is -2.18. The molecule has 0 radical (unpaired) electrons. The van der Waals surface area contributed by atoms with E-state index in [1.165, 1.54) is 0 Å². The Bertz CT molecular complexity index is 980. The molecule has 0 aliphatic carbocycles. The predicted octanol–water partition coefficient (Wildman–Crippen LogP) is 3.42. The summed E-state index contributed by atoms with van der Waals surface area (Å²) in [6, 6.07) is 9.91. The number of aromatic nitrogens is 2. The monoisotopic (exact) mass is 365 g/mol. The highest BCUT2D eigenvalue weighted by atomic mass is 16.7. The highest BCUT2D eigenvalue weighted by Gasteiger charge is 2.24. The number of fused-ring (bicyclic) bond motifs is 2. The van der Waals surface area contributed by atoms with Crippen molar-refractivity contribution in [3.05, 3.63) is 59.5 Å². The molecule has 3 heterocycles. The van der Waals surface area contributed by atoms with Gasteiger partial charge < -0.3 is 19.2 Å². The SMILES string of the molecule is CCCNC(=O)CC(c1ccc2c(c1)OCO2)c1cnc2c(C)cccn12. The van der Waals surface area contributed by atoms with Gasteiger partial charge in [0, 0.05) is 31.3 Å². The Labute approximate surface area is 158 Å². The number of pyridine rings is 1. The van der Waals surface area contributed by atoms with Crippen LogP contribution in [0.2, 0.25) is 0 Å². The minimum absolute atomic E-state index is 0.0297. The van der Waals surface area contributed by atoms with Gasteiger partial charge in [-0.05, 0) is 42.7 Å². The second-order valence-electron chi connectivity index (χ2n) is 6.79. The van der Waals surface area contributed by atoms with Gasteiger partial charge in [0.15, 0.2) is 11.5 Å². The first-order valence-electron chi connectivity index (χ1n) is 9.26. The van der Waals surface area contributed by atoms with Crippen molar-refractivity contribution in [1.82, 2.24) is 14.7 Å². The van der Waals surface area contributed by atoms with Crippen LogP contribution in [0.4, 0.5) is 0 Å². The molecule has 27 heavy (non-hydrogen) atoms. The summed E-state index contributed by atoms with van der Waals surface area (Å²) >= 11 is 0. The Morgan fingerprint density at radius 2 is 2.15 bits per heavy atom. The normalized spacial score (nSPS) is 13.7. The molecule has 1 atom stereocenters. The van der Waals surface area contributed by atoms with E-state index in [2.05, 4.69) is 14.7 Å². The minimum Gasteiger partial charge on any atom is -0.454 e. The second kappa shape index (κ2) is 7.31. The first kappa shape index (κ1) is 17.4. The van der Waals surface area contributed by atoms with Crippen LogP contribution in [0.3, 0.4) is 0 Å². The van der Waals surface area contributed by atoms with Gasteiger partial charge in [0.25, 0.3) is 0 Å². The lowest BCUT2D eigenvalue weighted by atomic mass is 9.92. The summed E-state index contributed by atoms with van der Waals surface area (Å²) in [7, 11) is 0. The molecule has 0 bridgehead atoms. The van der Waals surface area contributed by atoms with Crippen molar-refractivity contribution in [1.29, 1.82) is 0 Å². The lowest BCUT2D eigenvalue weighted by molar-refractivity contribution is -0.121. The van der Waals surface area contributed by atoms with Gasteiger partial charge in [-0.3, -0.25) is 4.79 Å². The van der Waals surface area contributed by atoms with E-state index in [4.69, 9.17) is 9.47 Å². The number of carbonyl (C=O) groups is 1. The fraction of sp³-hybridized carbons (Fsp3) is 0.333. The van der Waals surface area contributed by atoms with E-state index in [0.29, 0.717) is 13.0 Å². The summed E-state index contributed by atoms with van der Waals surface area (Å²) in [4.78, 5) is 17.1. The Morgan fingerprint density at radius 1 is 1.30 bits per heavy atom. The number of nitrogens with one attached hydrogen (secondary N) is 1. The van der Waals surface area contributed by atoms with Crippen LogP contribution in [-0.4, -0.2) is 28.6 Å².